The molecule has 0 heterocycles. The van der Waals surface area contributed by atoms with Gasteiger partial charge in [-0.1, -0.05) is 6.07 Å². The van der Waals surface area contributed by atoms with Crippen LogP contribution in [0.25, 0.3) is 0 Å². The molecule has 0 fully saturated rings. The van der Waals surface area contributed by atoms with Crippen LogP contribution in [0.3, 0.4) is 0 Å². The number of aliphatic hydroxyl groups excluding tert-OH is 1. The largest absolute Gasteiger partial charge is 0.478 e. The van der Waals surface area contributed by atoms with Crippen molar-refractivity contribution in [2.24, 2.45) is 0 Å². The minimum Gasteiger partial charge on any atom is -0.478 e. The predicted octanol–water partition coefficient (Wildman–Crippen LogP) is 0.329. The fourth-order valence-corrected chi connectivity index (χ4v) is 1.55. The second-order valence-corrected chi connectivity index (χ2v) is 4.30. The SMILES string of the molecule is N#C/C(=C/NCCOCCO)C(=O)Nc1cccc(C(=O)O)c1. The number of hydrogen-bond donors (Lipinski definition) is 4. The topological polar surface area (TPSA) is 132 Å². The van der Waals surface area contributed by atoms with Gasteiger partial charge in [-0.05, 0) is 18.2 Å². The van der Waals surface area contributed by atoms with Crippen LogP contribution in [-0.2, 0) is 9.53 Å². The Balaban J connectivity index is 2.58. The molecule has 0 aliphatic carbocycles. The number of nitrogens with one attached hydrogen (secondary N) is 2. The second kappa shape index (κ2) is 9.94. The highest BCUT2D eigenvalue weighted by molar-refractivity contribution is 6.06. The quantitative estimate of drug-likeness (QED) is 0.293. The Kier molecular flexibility index (Phi) is 7.85. The van der Waals surface area contributed by atoms with Crippen LogP contribution in [0.4, 0.5) is 5.69 Å². The van der Waals surface area contributed by atoms with Crippen molar-refractivity contribution in [2.75, 3.05) is 31.7 Å². The summed E-state index contributed by atoms with van der Waals surface area (Å²) in [4.78, 5) is 22.8. The zero-order chi connectivity index (χ0) is 17.1. The standard InChI is InChI=1S/C15H17N3O5/c16-9-12(10-17-4-6-23-7-5-19)14(20)18-13-3-1-2-11(8-13)15(21)22/h1-3,8,10,17,19H,4-7H2,(H,18,20)(H,21,22)/b12-10-. The number of rotatable bonds is 9. The summed E-state index contributed by atoms with van der Waals surface area (Å²) in [6.07, 6.45) is 1.25. The number of nitriles is 1. The summed E-state index contributed by atoms with van der Waals surface area (Å²) >= 11 is 0. The van der Waals surface area contributed by atoms with Crippen LogP contribution in [0.2, 0.25) is 0 Å². The van der Waals surface area contributed by atoms with Crippen LogP contribution in [0.15, 0.2) is 36.0 Å². The van der Waals surface area contributed by atoms with Gasteiger partial charge in [0.25, 0.3) is 5.91 Å². The summed E-state index contributed by atoms with van der Waals surface area (Å²) < 4.78 is 5.01. The molecule has 23 heavy (non-hydrogen) atoms. The summed E-state index contributed by atoms with van der Waals surface area (Å²) in [5, 5.41) is 31.6. The Morgan fingerprint density at radius 3 is 2.78 bits per heavy atom. The normalized spacial score (nSPS) is 10.7. The molecule has 0 unspecified atom stereocenters. The van der Waals surface area contributed by atoms with Crippen LogP contribution < -0.4 is 10.6 Å². The lowest BCUT2D eigenvalue weighted by Crippen LogP contribution is -2.19. The highest BCUT2D eigenvalue weighted by Gasteiger charge is 2.10. The molecule has 1 aromatic carbocycles. The number of hydrogen-bond acceptors (Lipinski definition) is 6. The molecule has 0 spiro atoms. The van der Waals surface area contributed by atoms with Crippen molar-refractivity contribution in [3.8, 4) is 6.07 Å². The van der Waals surface area contributed by atoms with Gasteiger partial charge < -0.3 is 25.6 Å². The third-order valence-electron chi connectivity index (χ3n) is 2.61. The number of carbonyl (C=O) groups is 2. The summed E-state index contributed by atoms with van der Waals surface area (Å²) in [5.74, 6) is -1.76. The molecule has 122 valence electrons. The molecular weight excluding hydrogens is 302 g/mol. The molecular formula is C15H17N3O5. The van der Waals surface area contributed by atoms with Gasteiger partial charge in [0.05, 0.1) is 25.4 Å². The lowest BCUT2D eigenvalue weighted by molar-refractivity contribution is -0.112. The minimum absolute atomic E-state index is 0.0319. The Labute approximate surface area is 133 Å². The third-order valence-corrected chi connectivity index (χ3v) is 2.61. The van der Waals surface area contributed by atoms with E-state index in [0.717, 1.165) is 0 Å². The first-order chi connectivity index (χ1) is 11.1. The van der Waals surface area contributed by atoms with Gasteiger partial charge in [0.2, 0.25) is 0 Å². The Morgan fingerprint density at radius 1 is 1.35 bits per heavy atom. The molecule has 1 amide bonds. The minimum atomic E-state index is -1.11. The van der Waals surface area contributed by atoms with E-state index in [2.05, 4.69) is 10.6 Å². The first kappa shape index (κ1) is 18.2. The van der Waals surface area contributed by atoms with Crippen molar-refractivity contribution in [1.29, 1.82) is 5.26 Å². The second-order valence-electron chi connectivity index (χ2n) is 4.30. The Bertz CT molecular complexity index is 622. The maximum Gasteiger partial charge on any atom is 0.335 e. The summed E-state index contributed by atoms with van der Waals surface area (Å²) in [6.45, 7) is 0.832. The molecule has 0 radical (unpaired) electrons. The van der Waals surface area contributed by atoms with Crippen LogP contribution in [0, 0.1) is 11.3 Å². The number of carboxylic acids is 1. The molecule has 0 aromatic heterocycles. The zero-order valence-corrected chi connectivity index (χ0v) is 12.3. The van der Waals surface area contributed by atoms with E-state index in [-0.39, 0.29) is 30.0 Å². The van der Waals surface area contributed by atoms with Crippen molar-refractivity contribution < 1.29 is 24.5 Å². The summed E-state index contributed by atoms with van der Waals surface area (Å²) in [7, 11) is 0. The van der Waals surface area contributed by atoms with Gasteiger partial charge in [-0.15, -0.1) is 0 Å². The molecule has 8 nitrogen and oxygen atoms in total. The van der Waals surface area contributed by atoms with Crippen LogP contribution >= 0.6 is 0 Å². The van der Waals surface area contributed by atoms with E-state index in [9.17, 15) is 9.59 Å². The van der Waals surface area contributed by atoms with Gasteiger partial charge >= 0.3 is 5.97 Å². The van der Waals surface area contributed by atoms with E-state index < -0.39 is 11.9 Å². The molecule has 8 heteroatoms. The van der Waals surface area contributed by atoms with Crippen LogP contribution in [-0.4, -0.2) is 48.5 Å². The van der Waals surface area contributed by atoms with Crippen molar-refractivity contribution in [3.63, 3.8) is 0 Å². The van der Waals surface area contributed by atoms with E-state index in [4.69, 9.17) is 20.2 Å². The van der Waals surface area contributed by atoms with Crippen molar-refractivity contribution in [2.45, 2.75) is 0 Å². The first-order valence-corrected chi connectivity index (χ1v) is 6.75. The summed E-state index contributed by atoms with van der Waals surface area (Å²) in [5.41, 5.74) is 0.152. The van der Waals surface area contributed by atoms with E-state index >= 15 is 0 Å². The lowest BCUT2D eigenvalue weighted by Gasteiger charge is -2.06. The number of aliphatic hydroxyl groups is 1. The number of benzene rings is 1. The number of ether oxygens (including phenoxy) is 1. The van der Waals surface area contributed by atoms with Gasteiger partial charge in [-0.3, -0.25) is 4.79 Å². The van der Waals surface area contributed by atoms with E-state index in [0.29, 0.717) is 13.2 Å². The number of amides is 1. The Hall–Kier alpha value is -2.89. The molecule has 0 bridgehead atoms. The van der Waals surface area contributed by atoms with Gasteiger partial charge in [-0.25, -0.2) is 4.79 Å². The lowest BCUT2D eigenvalue weighted by atomic mass is 10.2. The molecule has 0 atom stereocenters. The van der Waals surface area contributed by atoms with Gasteiger partial charge in [0, 0.05) is 18.4 Å². The molecule has 0 saturated heterocycles. The molecule has 0 aliphatic heterocycles. The summed E-state index contributed by atoms with van der Waals surface area (Å²) in [6, 6.07) is 7.46. The van der Waals surface area contributed by atoms with E-state index in [1.165, 1.54) is 30.5 Å². The smallest absolute Gasteiger partial charge is 0.335 e. The van der Waals surface area contributed by atoms with Gasteiger partial charge in [0.1, 0.15) is 11.6 Å². The third kappa shape index (κ3) is 6.60. The Morgan fingerprint density at radius 2 is 2.13 bits per heavy atom. The van der Waals surface area contributed by atoms with Crippen molar-refractivity contribution >= 4 is 17.6 Å². The number of nitrogens with zero attached hydrogens (tertiary/aromatic N) is 1. The molecule has 4 N–H and O–H groups in total. The number of carbonyl (C=O) groups excluding carboxylic acids is 1. The fraction of sp³-hybridized carbons (Fsp3) is 0.267. The highest BCUT2D eigenvalue weighted by Crippen LogP contribution is 2.11. The monoisotopic (exact) mass is 319 g/mol. The van der Waals surface area contributed by atoms with Crippen LogP contribution in [0.1, 0.15) is 10.4 Å². The number of aromatic carboxylic acids is 1. The number of anilines is 1. The predicted molar refractivity (Wildman–Crippen MR) is 81.6 cm³/mol. The average molecular weight is 319 g/mol. The molecule has 0 saturated carbocycles. The maximum atomic E-state index is 11.9. The zero-order valence-electron chi connectivity index (χ0n) is 12.3. The number of carboxylic acid groups (broad SMARTS) is 1. The van der Waals surface area contributed by atoms with Crippen molar-refractivity contribution in [3.05, 3.63) is 41.6 Å². The maximum absolute atomic E-state index is 11.9. The van der Waals surface area contributed by atoms with Crippen molar-refractivity contribution in [1.82, 2.24) is 5.32 Å². The first-order valence-electron chi connectivity index (χ1n) is 6.75. The fourth-order valence-electron chi connectivity index (χ4n) is 1.55. The van der Waals surface area contributed by atoms with E-state index in [1.54, 1.807) is 6.07 Å². The van der Waals surface area contributed by atoms with Gasteiger partial charge in [0.15, 0.2) is 0 Å². The molecule has 1 aromatic rings. The van der Waals surface area contributed by atoms with E-state index in [1.807, 2.05) is 0 Å². The highest BCUT2D eigenvalue weighted by atomic mass is 16.5. The molecule has 0 aliphatic rings. The average Bonchev–Trinajstić information content (AvgIpc) is 2.54. The molecule has 1 rings (SSSR count). The van der Waals surface area contributed by atoms with Gasteiger partial charge in [-0.2, -0.15) is 5.26 Å². The van der Waals surface area contributed by atoms with Crippen LogP contribution in [0.5, 0.6) is 0 Å².